The molecule has 2 atom stereocenters. The number of amidine groups is 1. The van der Waals surface area contributed by atoms with E-state index < -0.39 is 12.0 Å². The van der Waals surface area contributed by atoms with E-state index in [-0.39, 0.29) is 18.4 Å². The maximum Gasteiger partial charge on any atom is 0.338 e. The minimum absolute atomic E-state index is 0.0632. The van der Waals surface area contributed by atoms with Gasteiger partial charge < -0.3 is 29.2 Å². The summed E-state index contributed by atoms with van der Waals surface area (Å²) >= 11 is 1.42. The average Bonchev–Trinajstić information content (AvgIpc) is 3.51. The van der Waals surface area contributed by atoms with Crippen molar-refractivity contribution < 1.29 is 28.5 Å². The van der Waals surface area contributed by atoms with E-state index in [2.05, 4.69) is 10.3 Å². The predicted octanol–water partition coefficient (Wildman–Crippen LogP) is 3.14. The number of hydrogen-bond donors (Lipinski definition) is 1. The number of allylic oxidation sites excluding steroid dienone is 1. The number of nitrogens with zero attached hydrogens (tertiary/aromatic N) is 2. The lowest BCUT2D eigenvalue weighted by Gasteiger charge is -2.36. The first-order chi connectivity index (χ1) is 16.5. The highest BCUT2D eigenvalue weighted by molar-refractivity contribution is 8.16. The number of nitrogens with one attached hydrogen (secondary N) is 1. The quantitative estimate of drug-likeness (QED) is 0.559. The van der Waals surface area contributed by atoms with Gasteiger partial charge in [0, 0.05) is 24.4 Å². The molecule has 10 heteroatoms. The van der Waals surface area contributed by atoms with E-state index in [0.717, 1.165) is 25.1 Å². The zero-order chi connectivity index (χ0) is 24.2. The number of benzene rings is 1. The summed E-state index contributed by atoms with van der Waals surface area (Å²) in [6.07, 6.45) is 2.16. The van der Waals surface area contributed by atoms with E-state index in [9.17, 15) is 9.59 Å². The summed E-state index contributed by atoms with van der Waals surface area (Å²) in [6.45, 7) is 3.00. The standard InChI is InChI=1S/C24H29N3O6S/c1-14-21(23(29)32-4)22(18-11-16(30-2)7-8-19(18)31-3)27-15(13-34-24(27)26-14)10-20(28)25-12-17-6-5-9-33-17/h7-8,11,13,17,22H,5-6,9-10,12H2,1-4H3,(H,25,28)/t17-,22+/m0/s1. The molecule has 3 aliphatic rings. The molecule has 3 heterocycles. The maximum absolute atomic E-state index is 12.9. The van der Waals surface area contributed by atoms with Crippen LogP contribution in [0.1, 0.15) is 37.8 Å². The zero-order valence-electron chi connectivity index (χ0n) is 19.8. The van der Waals surface area contributed by atoms with Crippen molar-refractivity contribution in [1.29, 1.82) is 0 Å². The van der Waals surface area contributed by atoms with Crippen LogP contribution in [0.2, 0.25) is 0 Å². The number of esters is 1. The second kappa shape index (κ2) is 10.5. The molecule has 9 nitrogen and oxygen atoms in total. The maximum atomic E-state index is 12.9. The van der Waals surface area contributed by atoms with Crippen molar-refractivity contribution in [1.82, 2.24) is 10.2 Å². The topological polar surface area (TPSA) is 98.7 Å². The molecule has 34 heavy (non-hydrogen) atoms. The third-order valence-corrected chi connectivity index (χ3v) is 6.92. The summed E-state index contributed by atoms with van der Waals surface area (Å²) in [5, 5.41) is 5.55. The molecule has 0 spiro atoms. The Labute approximate surface area is 203 Å². The Morgan fingerprint density at radius 2 is 2.09 bits per heavy atom. The molecule has 1 fully saturated rings. The zero-order valence-corrected chi connectivity index (χ0v) is 20.6. The van der Waals surface area contributed by atoms with Gasteiger partial charge in [0.2, 0.25) is 5.91 Å². The van der Waals surface area contributed by atoms with Gasteiger partial charge in [0.05, 0.1) is 51.2 Å². The Bertz CT molecular complexity index is 1060. The number of thioether (sulfide) groups is 1. The van der Waals surface area contributed by atoms with E-state index in [1.807, 2.05) is 16.4 Å². The predicted molar refractivity (Wildman–Crippen MR) is 129 cm³/mol. The van der Waals surface area contributed by atoms with Gasteiger partial charge in [-0.25, -0.2) is 9.79 Å². The van der Waals surface area contributed by atoms with E-state index >= 15 is 0 Å². The fraction of sp³-hybridized carbons (Fsp3) is 0.458. The minimum Gasteiger partial charge on any atom is -0.497 e. The molecule has 0 radical (unpaired) electrons. The number of fused-ring (bicyclic) bond motifs is 1. The Kier molecular flexibility index (Phi) is 7.47. The van der Waals surface area contributed by atoms with Crippen LogP contribution < -0.4 is 14.8 Å². The van der Waals surface area contributed by atoms with Crippen LogP contribution in [0.15, 0.2) is 45.6 Å². The molecule has 1 saturated heterocycles. The molecule has 0 saturated carbocycles. The molecule has 0 aliphatic carbocycles. The van der Waals surface area contributed by atoms with Crippen LogP contribution in [0.4, 0.5) is 0 Å². The highest BCUT2D eigenvalue weighted by Crippen LogP contribution is 2.47. The number of hydrogen-bond acceptors (Lipinski definition) is 9. The fourth-order valence-electron chi connectivity index (χ4n) is 4.35. The molecule has 1 N–H and O–H groups in total. The molecule has 1 aromatic rings. The summed E-state index contributed by atoms with van der Waals surface area (Å²) in [5.41, 5.74) is 2.38. The Morgan fingerprint density at radius 1 is 1.26 bits per heavy atom. The summed E-state index contributed by atoms with van der Waals surface area (Å²) in [7, 11) is 4.50. The molecule has 3 aliphatic heterocycles. The molecule has 0 aromatic heterocycles. The van der Waals surface area contributed by atoms with Gasteiger partial charge in [-0.05, 0) is 43.4 Å². The number of carbonyl (C=O) groups excluding carboxylic acids is 2. The smallest absolute Gasteiger partial charge is 0.338 e. The first kappa shape index (κ1) is 24.2. The van der Waals surface area contributed by atoms with Gasteiger partial charge >= 0.3 is 5.97 Å². The van der Waals surface area contributed by atoms with Crippen LogP contribution in [0.5, 0.6) is 11.5 Å². The van der Waals surface area contributed by atoms with Crippen LogP contribution in [0.25, 0.3) is 0 Å². The van der Waals surface area contributed by atoms with Gasteiger partial charge in [-0.15, -0.1) is 0 Å². The Morgan fingerprint density at radius 3 is 2.76 bits per heavy atom. The highest BCUT2D eigenvalue weighted by atomic mass is 32.2. The number of carbonyl (C=O) groups is 2. The lowest BCUT2D eigenvalue weighted by molar-refractivity contribution is -0.136. The van der Waals surface area contributed by atoms with Crippen molar-refractivity contribution in [3.63, 3.8) is 0 Å². The first-order valence-corrected chi connectivity index (χ1v) is 12.0. The molecule has 0 bridgehead atoms. The van der Waals surface area contributed by atoms with Crippen LogP contribution >= 0.6 is 11.8 Å². The largest absolute Gasteiger partial charge is 0.497 e. The third-order valence-electron chi connectivity index (χ3n) is 6.03. The summed E-state index contributed by atoms with van der Waals surface area (Å²) in [5.74, 6) is 0.592. The Hall–Kier alpha value is -2.98. The van der Waals surface area contributed by atoms with Gasteiger partial charge in [-0.1, -0.05) is 11.8 Å². The molecule has 0 unspecified atom stereocenters. The number of ether oxygens (including phenoxy) is 4. The number of aliphatic imine (C=N–C) groups is 1. The van der Waals surface area contributed by atoms with Gasteiger partial charge in [0.1, 0.15) is 11.5 Å². The first-order valence-electron chi connectivity index (χ1n) is 11.1. The van der Waals surface area contributed by atoms with Crippen molar-refractivity contribution in [2.24, 2.45) is 4.99 Å². The number of rotatable bonds is 8. The van der Waals surface area contributed by atoms with E-state index in [1.165, 1.54) is 18.9 Å². The normalized spacial score (nSPS) is 21.6. The average molecular weight is 488 g/mol. The van der Waals surface area contributed by atoms with Gasteiger partial charge in [-0.3, -0.25) is 4.79 Å². The summed E-state index contributed by atoms with van der Waals surface area (Å²) < 4.78 is 21.8. The van der Waals surface area contributed by atoms with Crippen molar-refractivity contribution in [3.8, 4) is 11.5 Å². The minimum atomic E-state index is -0.600. The molecule has 4 rings (SSSR count). The molecular weight excluding hydrogens is 458 g/mol. The van der Waals surface area contributed by atoms with Crippen molar-refractivity contribution in [2.75, 3.05) is 34.5 Å². The third kappa shape index (κ3) is 4.78. The van der Waals surface area contributed by atoms with Gasteiger partial charge in [0.25, 0.3) is 0 Å². The second-order valence-electron chi connectivity index (χ2n) is 8.11. The Balaban J connectivity index is 1.67. The van der Waals surface area contributed by atoms with Crippen LogP contribution in [-0.2, 0) is 19.1 Å². The SMILES string of the molecule is COC(=O)C1=C(C)N=C2SC=C(CC(=O)NC[C@@H]3CCCO3)N2[C@@H]1c1cc(OC)ccc1OC. The fourth-order valence-corrected chi connectivity index (χ4v) is 5.31. The monoisotopic (exact) mass is 487 g/mol. The lowest BCUT2D eigenvalue weighted by Crippen LogP contribution is -2.38. The van der Waals surface area contributed by atoms with Crippen LogP contribution in [-0.4, -0.2) is 62.5 Å². The molecular formula is C24H29N3O6S. The van der Waals surface area contributed by atoms with E-state index in [0.29, 0.717) is 40.0 Å². The van der Waals surface area contributed by atoms with Crippen molar-refractivity contribution in [2.45, 2.75) is 38.3 Å². The molecule has 1 aromatic carbocycles. The summed E-state index contributed by atoms with van der Waals surface area (Å²) in [6, 6.07) is 4.82. The van der Waals surface area contributed by atoms with Crippen LogP contribution in [0, 0.1) is 0 Å². The molecule has 182 valence electrons. The lowest BCUT2D eigenvalue weighted by atomic mass is 9.93. The number of methoxy groups -OCH3 is 3. The number of amides is 1. The van der Waals surface area contributed by atoms with Crippen molar-refractivity contribution in [3.05, 3.63) is 46.1 Å². The van der Waals surface area contributed by atoms with Gasteiger partial charge in [0.15, 0.2) is 5.17 Å². The van der Waals surface area contributed by atoms with Gasteiger partial charge in [-0.2, -0.15) is 0 Å². The van der Waals surface area contributed by atoms with E-state index in [1.54, 1.807) is 33.3 Å². The van der Waals surface area contributed by atoms with Crippen molar-refractivity contribution >= 4 is 28.8 Å². The second-order valence-corrected chi connectivity index (χ2v) is 8.94. The summed E-state index contributed by atoms with van der Waals surface area (Å²) in [4.78, 5) is 32.3. The highest BCUT2D eigenvalue weighted by Gasteiger charge is 2.42. The van der Waals surface area contributed by atoms with E-state index in [4.69, 9.17) is 18.9 Å². The van der Waals surface area contributed by atoms with Crippen LogP contribution in [0.3, 0.4) is 0 Å². The molecule has 1 amide bonds.